The molecule has 2 heterocycles. The summed E-state index contributed by atoms with van der Waals surface area (Å²) in [5.74, 6) is 0. The molecule has 0 aliphatic heterocycles. The number of hydrogen-bond acceptors (Lipinski definition) is 3. The van der Waals surface area contributed by atoms with Crippen LogP contribution in [0.15, 0.2) is 36.8 Å². The van der Waals surface area contributed by atoms with Crippen LogP contribution in [0.3, 0.4) is 0 Å². The van der Waals surface area contributed by atoms with E-state index in [4.69, 9.17) is 0 Å². The Balaban J connectivity index is 1.82. The number of anilines is 1. The highest BCUT2D eigenvalue weighted by Crippen LogP contribution is 2.05. The quantitative estimate of drug-likeness (QED) is 0.905. The predicted octanol–water partition coefficient (Wildman–Crippen LogP) is 1.52. The van der Waals surface area contributed by atoms with Crippen LogP contribution in [-0.2, 0) is 13.5 Å². The molecule has 6 nitrogen and oxygen atoms in total. The lowest BCUT2D eigenvalue weighted by atomic mass is 10.2. The molecule has 6 heteroatoms. The van der Waals surface area contributed by atoms with Gasteiger partial charge in [-0.1, -0.05) is 6.07 Å². The van der Waals surface area contributed by atoms with Gasteiger partial charge in [0.05, 0.1) is 11.9 Å². The van der Waals surface area contributed by atoms with Gasteiger partial charge in [0.2, 0.25) is 0 Å². The SMILES string of the molecule is CN(CCc1ccccn1)C(=O)Nc1cnn(C)c1. The summed E-state index contributed by atoms with van der Waals surface area (Å²) < 4.78 is 1.64. The molecular formula is C13H17N5O. The first-order valence-electron chi connectivity index (χ1n) is 6.06. The summed E-state index contributed by atoms with van der Waals surface area (Å²) in [7, 11) is 3.56. The highest BCUT2D eigenvalue weighted by atomic mass is 16.2. The van der Waals surface area contributed by atoms with Gasteiger partial charge >= 0.3 is 6.03 Å². The van der Waals surface area contributed by atoms with E-state index in [-0.39, 0.29) is 6.03 Å². The number of carbonyl (C=O) groups is 1. The maximum atomic E-state index is 11.9. The molecule has 2 aromatic rings. The Labute approximate surface area is 112 Å². The van der Waals surface area contributed by atoms with Gasteiger partial charge in [-0.05, 0) is 12.1 Å². The zero-order valence-electron chi connectivity index (χ0n) is 11.1. The third-order valence-electron chi connectivity index (χ3n) is 2.73. The van der Waals surface area contributed by atoms with Gasteiger partial charge in [-0.2, -0.15) is 5.10 Å². The molecule has 0 radical (unpaired) electrons. The summed E-state index contributed by atoms with van der Waals surface area (Å²) in [5, 5.41) is 6.78. The van der Waals surface area contributed by atoms with Crippen LogP contribution >= 0.6 is 0 Å². The third-order valence-corrected chi connectivity index (χ3v) is 2.73. The zero-order valence-corrected chi connectivity index (χ0v) is 11.1. The fourth-order valence-corrected chi connectivity index (χ4v) is 1.63. The third kappa shape index (κ3) is 3.80. The average Bonchev–Trinajstić information content (AvgIpc) is 2.82. The fourth-order valence-electron chi connectivity index (χ4n) is 1.63. The molecule has 0 spiro atoms. The van der Waals surface area contributed by atoms with Crippen LogP contribution in [-0.4, -0.2) is 39.3 Å². The molecule has 0 saturated carbocycles. The van der Waals surface area contributed by atoms with Crippen molar-refractivity contribution in [1.82, 2.24) is 19.7 Å². The Bertz CT molecular complexity index is 537. The monoisotopic (exact) mass is 259 g/mol. The van der Waals surface area contributed by atoms with Gasteiger partial charge in [-0.3, -0.25) is 9.67 Å². The summed E-state index contributed by atoms with van der Waals surface area (Å²) in [4.78, 5) is 17.8. The van der Waals surface area contributed by atoms with Gasteiger partial charge in [0.25, 0.3) is 0 Å². The lowest BCUT2D eigenvalue weighted by Gasteiger charge is -2.16. The maximum Gasteiger partial charge on any atom is 0.321 e. The highest BCUT2D eigenvalue weighted by molar-refractivity contribution is 5.88. The molecule has 0 fully saturated rings. The Morgan fingerprint density at radius 2 is 2.32 bits per heavy atom. The van der Waals surface area contributed by atoms with E-state index in [0.29, 0.717) is 12.2 Å². The van der Waals surface area contributed by atoms with Gasteiger partial charge in [0.15, 0.2) is 0 Å². The summed E-state index contributed by atoms with van der Waals surface area (Å²) in [6.45, 7) is 0.614. The van der Waals surface area contributed by atoms with Crippen molar-refractivity contribution in [1.29, 1.82) is 0 Å². The topological polar surface area (TPSA) is 63.1 Å². The molecule has 2 aromatic heterocycles. The second-order valence-electron chi connectivity index (χ2n) is 4.33. The van der Waals surface area contributed by atoms with Crippen LogP contribution in [0.25, 0.3) is 0 Å². The molecule has 0 aliphatic carbocycles. The number of nitrogens with one attached hydrogen (secondary N) is 1. The van der Waals surface area contributed by atoms with Crippen molar-refractivity contribution in [3.63, 3.8) is 0 Å². The smallest absolute Gasteiger partial charge is 0.321 e. The molecule has 0 aliphatic rings. The van der Waals surface area contributed by atoms with E-state index < -0.39 is 0 Å². The minimum atomic E-state index is -0.149. The molecule has 19 heavy (non-hydrogen) atoms. The first-order valence-corrected chi connectivity index (χ1v) is 6.06. The Morgan fingerprint density at radius 1 is 1.47 bits per heavy atom. The van der Waals surface area contributed by atoms with E-state index in [2.05, 4.69) is 15.4 Å². The fraction of sp³-hybridized carbons (Fsp3) is 0.308. The Morgan fingerprint density at radius 3 is 2.95 bits per heavy atom. The summed E-state index contributed by atoms with van der Waals surface area (Å²) in [5.41, 5.74) is 1.67. The number of hydrogen-bond donors (Lipinski definition) is 1. The predicted molar refractivity (Wildman–Crippen MR) is 72.8 cm³/mol. The second kappa shape index (κ2) is 5.99. The van der Waals surface area contributed by atoms with Crippen LogP contribution in [0.1, 0.15) is 5.69 Å². The first kappa shape index (κ1) is 13.1. The van der Waals surface area contributed by atoms with Crippen LogP contribution < -0.4 is 5.32 Å². The number of amides is 2. The van der Waals surface area contributed by atoms with Crippen molar-refractivity contribution >= 4 is 11.7 Å². The molecule has 0 unspecified atom stereocenters. The summed E-state index contributed by atoms with van der Waals surface area (Å²) in [6.07, 6.45) is 5.86. The molecule has 0 saturated heterocycles. The number of urea groups is 1. The number of rotatable bonds is 4. The van der Waals surface area contributed by atoms with Gasteiger partial charge < -0.3 is 10.2 Å². The molecule has 2 amide bonds. The van der Waals surface area contributed by atoms with E-state index in [1.54, 1.807) is 42.3 Å². The summed E-state index contributed by atoms with van der Waals surface area (Å²) in [6, 6.07) is 5.62. The molecule has 2 rings (SSSR count). The van der Waals surface area contributed by atoms with Crippen molar-refractivity contribution < 1.29 is 4.79 Å². The second-order valence-corrected chi connectivity index (χ2v) is 4.33. The minimum absolute atomic E-state index is 0.149. The van der Waals surface area contributed by atoms with Gasteiger partial charge in [0.1, 0.15) is 0 Å². The van der Waals surface area contributed by atoms with E-state index in [9.17, 15) is 4.79 Å². The number of pyridine rings is 1. The van der Waals surface area contributed by atoms with Gasteiger partial charge in [-0.25, -0.2) is 4.79 Å². The van der Waals surface area contributed by atoms with Crippen LogP contribution in [0, 0.1) is 0 Å². The minimum Gasteiger partial charge on any atom is -0.327 e. The number of aryl methyl sites for hydroxylation is 1. The first-order chi connectivity index (χ1) is 9.15. The largest absolute Gasteiger partial charge is 0.327 e. The average molecular weight is 259 g/mol. The van der Waals surface area contributed by atoms with Gasteiger partial charge in [-0.15, -0.1) is 0 Å². The standard InChI is InChI=1S/C13H17N5O/c1-17(8-6-11-5-3-4-7-14-11)13(19)16-12-9-15-18(2)10-12/h3-5,7,9-10H,6,8H2,1-2H3,(H,16,19). The number of nitrogens with zero attached hydrogens (tertiary/aromatic N) is 4. The van der Waals surface area contributed by atoms with Crippen molar-refractivity contribution in [2.75, 3.05) is 18.9 Å². The van der Waals surface area contributed by atoms with Crippen LogP contribution in [0.4, 0.5) is 10.5 Å². The van der Waals surface area contributed by atoms with Crippen molar-refractivity contribution in [3.05, 3.63) is 42.5 Å². The van der Waals surface area contributed by atoms with Crippen molar-refractivity contribution in [3.8, 4) is 0 Å². The van der Waals surface area contributed by atoms with Crippen LogP contribution in [0.2, 0.25) is 0 Å². The zero-order chi connectivity index (χ0) is 13.7. The lowest BCUT2D eigenvalue weighted by Crippen LogP contribution is -2.33. The van der Waals surface area contributed by atoms with E-state index in [1.165, 1.54) is 0 Å². The molecule has 100 valence electrons. The van der Waals surface area contributed by atoms with Crippen molar-refractivity contribution in [2.45, 2.75) is 6.42 Å². The molecule has 0 atom stereocenters. The maximum absolute atomic E-state index is 11.9. The lowest BCUT2D eigenvalue weighted by molar-refractivity contribution is 0.223. The number of likely N-dealkylation sites (N-methyl/N-ethyl adjacent to an activating group) is 1. The number of carbonyl (C=O) groups excluding carboxylic acids is 1. The molecule has 0 bridgehead atoms. The molecule has 1 N–H and O–H groups in total. The van der Waals surface area contributed by atoms with E-state index in [1.807, 2.05) is 18.2 Å². The molecule has 0 aromatic carbocycles. The number of aromatic nitrogens is 3. The molecular weight excluding hydrogens is 242 g/mol. The van der Waals surface area contributed by atoms with Crippen LogP contribution in [0.5, 0.6) is 0 Å². The van der Waals surface area contributed by atoms with Crippen molar-refractivity contribution in [2.24, 2.45) is 7.05 Å². The van der Waals surface area contributed by atoms with E-state index in [0.717, 1.165) is 12.1 Å². The van der Waals surface area contributed by atoms with Gasteiger partial charge in [0, 0.05) is 45.1 Å². The highest BCUT2D eigenvalue weighted by Gasteiger charge is 2.09. The normalized spacial score (nSPS) is 10.2. The Kier molecular flexibility index (Phi) is 4.12. The van der Waals surface area contributed by atoms with E-state index >= 15 is 0 Å². The summed E-state index contributed by atoms with van der Waals surface area (Å²) >= 11 is 0. The Hall–Kier alpha value is -2.37.